The second-order valence-electron chi connectivity index (χ2n) is 3.55. The Kier molecular flexibility index (Phi) is 2.55. The van der Waals surface area contributed by atoms with E-state index in [4.69, 9.17) is 0 Å². The summed E-state index contributed by atoms with van der Waals surface area (Å²) in [6, 6.07) is 0.0810. The van der Waals surface area contributed by atoms with Gasteiger partial charge in [-0.2, -0.15) is 0 Å². The topological polar surface area (TPSA) is 47.7 Å². The van der Waals surface area contributed by atoms with Gasteiger partial charge in [0.1, 0.15) is 11.9 Å². The maximum Gasteiger partial charge on any atom is 0.131 e. The smallest absolute Gasteiger partial charge is 0.131 e. The first kappa shape index (κ1) is 9.92. The zero-order valence-electron chi connectivity index (χ0n) is 9.18. The minimum absolute atomic E-state index is 0.0810. The van der Waals surface area contributed by atoms with Crippen molar-refractivity contribution < 1.29 is 0 Å². The highest BCUT2D eigenvalue weighted by molar-refractivity contribution is 5.16. The largest absolute Gasteiger partial charge is 0.336 e. The van der Waals surface area contributed by atoms with Crippen molar-refractivity contribution in [2.45, 2.75) is 6.04 Å². The second-order valence-corrected chi connectivity index (χ2v) is 3.55. The number of hydrogen-bond acceptors (Lipinski definition) is 3. The Balaban J connectivity index is 2.41. The van der Waals surface area contributed by atoms with Crippen LogP contribution < -0.4 is 5.32 Å². The zero-order valence-corrected chi connectivity index (χ0v) is 9.18. The minimum Gasteiger partial charge on any atom is -0.336 e. The fourth-order valence-electron chi connectivity index (χ4n) is 1.71. The third-order valence-electron chi connectivity index (χ3n) is 2.56. The number of nitrogens with zero attached hydrogens (tertiary/aromatic N) is 4. The molecule has 0 aliphatic heterocycles. The Morgan fingerprint density at radius 1 is 1.33 bits per heavy atom. The number of hydrogen-bond donors (Lipinski definition) is 1. The van der Waals surface area contributed by atoms with Gasteiger partial charge in [-0.15, -0.1) is 0 Å². The minimum atomic E-state index is 0.0810. The SMILES string of the molecule is CNC(c1cncn1C)c1nccn1C. The molecule has 0 saturated carbocycles. The number of aromatic nitrogens is 4. The van der Waals surface area contributed by atoms with E-state index in [1.807, 2.05) is 42.7 Å². The summed E-state index contributed by atoms with van der Waals surface area (Å²) in [4.78, 5) is 8.46. The molecule has 1 atom stereocenters. The van der Waals surface area contributed by atoms with Crippen LogP contribution in [0.3, 0.4) is 0 Å². The molecule has 0 bridgehead atoms. The van der Waals surface area contributed by atoms with Crippen LogP contribution in [0.2, 0.25) is 0 Å². The standard InChI is InChI=1S/C10H15N5/c1-11-9(8-6-12-7-15(8)3)10-13-4-5-14(10)2/h4-7,9,11H,1-3H3. The Bertz CT molecular complexity index is 402. The highest BCUT2D eigenvalue weighted by atomic mass is 15.1. The van der Waals surface area contributed by atoms with Gasteiger partial charge < -0.3 is 14.5 Å². The van der Waals surface area contributed by atoms with Crippen LogP contribution in [0.1, 0.15) is 17.6 Å². The summed E-state index contributed by atoms with van der Waals surface area (Å²) in [5, 5.41) is 3.24. The summed E-state index contributed by atoms with van der Waals surface area (Å²) < 4.78 is 4.00. The third kappa shape index (κ3) is 1.66. The molecule has 5 heteroatoms. The van der Waals surface area contributed by atoms with Crippen LogP contribution in [-0.4, -0.2) is 26.1 Å². The molecule has 5 nitrogen and oxygen atoms in total. The van der Waals surface area contributed by atoms with Crippen molar-refractivity contribution in [2.24, 2.45) is 14.1 Å². The van der Waals surface area contributed by atoms with Crippen LogP contribution >= 0.6 is 0 Å². The van der Waals surface area contributed by atoms with Gasteiger partial charge in [-0.25, -0.2) is 9.97 Å². The van der Waals surface area contributed by atoms with Crippen LogP contribution in [-0.2, 0) is 14.1 Å². The number of imidazole rings is 2. The lowest BCUT2D eigenvalue weighted by atomic mass is 10.2. The summed E-state index contributed by atoms with van der Waals surface area (Å²) in [5.74, 6) is 0.987. The fourth-order valence-corrected chi connectivity index (χ4v) is 1.71. The van der Waals surface area contributed by atoms with Crippen molar-refractivity contribution in [3.8, 4) is 0 Å². The van der Waals surface area contributed by atoms with Crippen molar-refractivity contribution in [3.63, 3.8) is 0 Å². The van der Waals surface area contributed by atoms with Gasteiger partial charge >= 0.3 is 0 Å². The van der Waals surface area contributed by atoms with Crippen LogP contribution in [0, 0.1) is 0 Å². The summed E-state index contributed by atoms with van der Waals surface area (Å²) in [6.07, 6.45) is 7.39. The van der Waals surface area contributed by atoms with Crippen molar-refractivity contribution in [1.82, 2.24) is 24.4 Å². The summed E-state index contributed by atoms with van der Waals surface area (Å²) in [6.45, 7) is 0. The molecule has 80 valence electrons. The van der Waals surface area contributed by atoms with E-state index in [2.05, 4.69) is 15.3 Å². The van der Waals surface area contributed by atoms with Gasteiger partial charge in [0.25, 0.3) is 0 Å². The van der Waals surface area contributed by atoms with E-state index in [1.165, 1.54) is 0 Å². The molecule has 2 heterocycles. The molecule has 0 aliphatic rings. The molecule has 0 aromatic carbocycles. The van der Waals surface area contributed by atoms with Gasteiger partial charge in [0.15, 0.2) is 0 Å². The van der Waals surface area contributed by atoms with Crippen molar-refractivity contribution in [2.75, 3.05) is 7.05 Å². The number of aryl methyl sites for hydroxylation is 2. The molecule has 0 amide bonds. The Labute approximate surface area is 88.8 Å². The molecule has 1 unspecified atom stereocenters. The lowest BCUT2D eigenvalue weighted by molar-refractivity contribution is 0.582. The monoisotopic (exact) mass is 205 g/mol. The van der Waals surface area contributed by atoms with E-state index >= 15 is 0 Å². The molecule has 0 aliphatic carbocycles. The summed E-state index contributed by atoms with van der Waals surface area (Å²) in [5.41, 5.74) is 1.10. The van der Waals surface area contributed by atoms with Gasteiger partial charge in [-0.05, 0) is 7.05 Å². The molecule has 2 aromatic heterocycles. The number of rotatable bonds is 3. The van der Waals surface area contributed by atoms with Crippen LogP contribution in [0.4, 0.5) is 0 Å². The lowest BCUT2D eigenvalue weighted by Crippen LogP contribution is -2.23. The molecular formula is C10H15N5. The highest BCUT2D eigenvalue weighted by Gasteiger charge is 2.18. The normalized spacial score (nSPS) is 13.0. The molecular weight excluding hydrogens is 190 g/mol. The van der Waals surface area contributed by atoms with Crippen LogP contribution in [0.5, 0.6) is 0 Å². The van der Waals surface area contributed by atoms with Crippen LogP contribution in [0.15, 0.2) is 24.9 Å². The average molecular weight is 205 g/mol. The first-order chi connectivity index (χ1) is 7.24. The quantitative estimate of drug-likeness (QED) is 0.792. The Morgan fingerprint density at radius 3 is 2.60 bits per heavy atom. The fraction of sp³-hybridized carbons (Fsp3) is 0.400. The van der Waals surface area contributed by atoms with E-state index in [0.717, 1.165) is 11.5 Å². The van der Waals surface area contributed by atoms with Crippen LogP contribution in [0.25, 0.3) is 0 Å². The van der Waals surface area contributed by atoms with E-state index in [1.54, 1.807) is 12.5 Å². The first-order valence-electron chi connectivity index (χ1n) is 4.84. The van der Waals surface area contributed by atoms with Gasteiger partial charge in [0.05, 0.1) is 18.2 Å². The molecule has 0 saturated heterocycles. The predicted molar refractivity (Wildman–Crippen MR) is 57.3 cm³/mol. The highest BCUT2D eigenvalue weighted by Crippen LogP contribution is 2.18. The van der Waals surface area contributed by atoms with E-state index in [9.17, 15) is 0 Å². The van der Waals surface area contributed by atoms with Gasteiger partial charge in [-0.1, -0.05) is 0 Å². The van der Waals surface area contributed by atoms with E-state index < -0.39 is 0 Å². The van der Waals surface area contributed by atoms with Crippen molar-refractivity contribution >= 4 is 0 Å². The Hall–Kier alpha value is -1.62. The molecule has 1 N–H and O–H groups in total. The number of nitrogens with one attached hydrogen (secondary N) is 1. The van der Waals surface area contributed by atoms with Gasteiger partial charge in [0, 0.05) is 26.5 Å². The Morgan fingerprint density at radius 2 is 2.13 bits per heavy atom. The first-order valence-corrected chi connectivity index (χ1v) is 4.84. The third-order valence-corrected chi connectivity index (χ3v) is 2.56. The van der Waals surface area contributed by atoms with Gasteiger partial charge in [0.2, 0.25) is 0 Å². The lowest BCUT2D eigenvalue weighted by Gasteiger charge is -2.16. The van der Waals surface area contributed by atoms with E-state index in [-0.39, 0.29) is 6.04 Å². The predicted octanol–water partition coefficient (Wildman–Crippen LogP) is 0.462. The summed E-state index contributed by atoms with van der Waals surface area (Å²) >= 11 is 0. The molecule has 2 aromatic rings. The molecule has 0 radical (unpaired) electrons. The maximum absolute atomic E-state index is 4.34. The molecule has 0 fully saturated rings. The average Bonchev–Trinajstić information content (AvgIpc) is 2.80. The molecule has 0 spiro atoms. The summed E-state index contributed by atoms with van der Waals surface area (Å²) in [7, 11) is 5.89. The van der Waals surface area contributed by atoms with Gasteiger partial charge in [-0.3, -0.25) is 0 Å². The second kappa shape index (κ2) is 3.86. The molecule has 15 heavy (non-hydrogen) atoms. The van der Waals surface area contributed by atoms with Crippen molar-refractivity contribution in [3.05, 3.63) is 36.4 Å². The maximum atomic E-state index is 4.34. The zero-order chi connectivity index (χ0) is 10.8. The van der Waals surface area contributed by atoms with Crippen molar-refractivity contribution in [1.29, 1.82) is 0 Å². The molecule has 2 rings (SSSR count). The van der Waals surface area contributed by atoms with E-state index in [0.29, 0.717) is 0 Å².